The molecule has 0 radical (unpaired) electrons. The molecule has 1 atom stereocenters. The highest BCUT2D eigenvalue weighted by molar-refractivity contribution is 14.1. The molecule has 0 amide bonds. The van der Waals surface area contributed by atoms with Crippen LogP contribution in [0, 0.1) is 3.57 Å². The predicted octanol–water partition coefficient (Wildman–Crippen LogP) is 3.14. The lowest BCUT2D eigenvalue weighted by molar-refractivity contribution is -0.0742. The molecule has 0 aliphatic heterocycles. The molecule has 0 saturated heterocycles. The second kappa shape index (κ2) is 4.14. The van der Waals surface area contributed by atoms with Gasteiger partial charge >= 0.3 is 0 Å². The fourth-order valence-corrected chi connectivity index (χ4v) is 2.80. The number of hydrogen-bond acceptors (Lipinski definition) is 3. The monoisotopic (exact) mass is 320 g/mol. The molecule has 1 N–H and O–H groups in total. The number of thiophene rings is 1. The molecule has 14 heavy (non-hydrogen) atoms. The van der Waals surface area contributed by atoms with Crippen LogP contribution in [0.5, 0.6) is 0 Å². The number of benzene rings is 1. The van der Waals surface area contributed by atoms with Crippen molar-refractivity contribution in [2.75, 3.05) is 7.11 Å². The Hall–Kier alpha value is -0.170. The van der Waals surface area contributed by atoms with Gasteiger partial charge in [-0.15, -0.1) is 11.3 Å². The molecule has 0 saturated carbocycles. The lowest BCUT2D eigenvalue weighted by atomic mass is 10.2. The summed E-state index contributed by atoms with van der Waals surface area (Å²) in [4.78, 5) is 0.851. The first-order valence-electron chi connectivity index (χ1n) is 4.10. The van der Waals surface area contributed by atoms with Gasteiger partial charge in [0.25, 0.3) is 0 Å². The van der Waals surface area contributed by atoms with Crippen molar-refractivity contribution in [3.63, 3.8) is 0 Å². The van der Waals surface area contributed by atoms with Gasteiger partial charge in [-0.05, 0) is 52.2 Å². The van der Waals surface area contributed by atoms with E-state index in [2.05, 4.69) is 40.8 Å². The van der Waals surface area contributed by atoms with Crippen LogP contribution in [0.4, 0.5) is 0 Å². The average Bonchev–Trinajstić information content (AvgIpc) is 2.59. The van der Waals surface area contributed by atoms with Crippen LogP contribution in [0.15, 0.2) is 24.3 Å². The Morgan fingerprint density at radius 3 is 2.93 bits per heavy atom. The highest BCUT2D eigenvalue weighted by Crippen LogP contribution is 2.30. The van der Waals surface area contributed by atoms with Crippen molar-refractivity contribution in [2.45, 2.75) is 6.29 Å². The zero-order valence-corrected chi connectivity index (χ0v) is 10.5. The van der Waals surface area contributed by atoms with Crippen LogP contribution in [0.25, 0.3) is 10.1 Å². The molecular formula is C10H9IO2S. The second-order valence-corrected chi connectivity index (χ2v) is 5.28. The fraction of sp³-hybridized carbons (Fsp3) is 0.200. The highest BCUT2D eigenvalue weighted by Gasteiger charge is 2.09. The lowest BCUT2D eigenvalue weighted by Crippen LogP contribution is -1.95. The topological polar surface area (TPSA) is 29.5 Å². The van der Waals surface area contributed by atoms with E-state index in [1.807, 2.05) is 6.07 Å². The summed E-state index contributed by atoms with van der Waals surface area (Å²) in [6, 6.07) is 8.19. The normalized spacial score (nSPS) is 13.4. The van der Waals surface area contributed by atoms with Crippen LogP contribution < -0.4 is 0 Å². The number of halogens is 1. The van der Waals surface area contributed by atoms with Crippen molar-refractivity contribution in [3.05, 3.63) is 32.7 Å². The Kier molecular flexibility index (Phi) is 3.06. The van der Waals surface area contributed by atoms with E-state index in [0.717, 1.165) is 10.3 Å². The van der Waals surface area contributed by atoms with Gasteiger partial charge in [0, 0.05) is 15.4 Å². The van der Waals surface area contributed by atoms with Crippen molar-refractivity contribution < 1.29 is 9.84 Å². The highest BCUT2D eigenvalue weighted by atomic mass is 127. The molecule has 1 unspecified atom stereocenters. The Morgan fingerprint density at radius 2 is 2.21 bits per heavy atom. The zero-order valence-electron chi connectivity index (χ0n) is 7.53. The van der Waals surface area contributed by atoms with E-state index >= 15 is 0 Å². The molecule has 0 bridgehead atoms. The molecule has 0 spiro atoms. The Bertz CT molecular complexity index is 452. The van der Waals surface area contributed by atoms with Gasteiger partial charge in [-0.3, -0.25) is 0 Å². The second-order valence-electron chi connectivity index (χ2n) is 2.92. The van der Waals surface area contributed by atoms with Gasteiger partial charge in [-0.2, -0.15) is 0 Å². The minimum atomic E-state index is -0.801. The molecule has 0 aliphatic carbocycles. The van der Waals surface area contributed by atoms with E-state index in [9.17, 15) is 5.11 Å². The Morgan fingerprint density at radius 1 is 1.43 bits per heavy atom. The van der Waals surface area contributed by atoms with E-state index in [1.165, 1.54) is 15.4 Å². The maximum atomic E-state index is 9.49. The van der Waals surface area contributed by atoms with Crippen LogP contribution >= 0.6 is 33.9 Å². The number of fused-ring (bicyclic) bond motifs is 1. The SMILES string of the molecule is COC(O)c1cc2cc(I)ccc2s1. The smallest absolute Gasteiger partial charge is 0.190 e. The number of aliphatic hydroxyl groups is 1. The molecule has 1 aromatic carbocycles. The quantitative estimate of drug-likeness (QED) is 0.680. The van der Waals surface area contributed by atoms with Crippen molar-refractivity contribution in [1.82, 2.24) is 0 Å². The van der Waals surface area contributed by atoms with Crippen molar-refractivity contribution in [2.24, 2.45) is 0 Å². The van der Waals surface area contributed by atoms with Gasteiger partial charge in [0.2, 0.25) is 0 Å². The molecule has 2 rings (SSSR count). The number of ether oxygens (including phenoxy) is 1. The van der Waals surface area contributed by atoms with Gasteiger partial charge < -0.3 is 9.84 Å². The molecular weight excluding hydrogens is 311 g/mol. The molecule has 2 aromatic rings. The summed E-state index contributed by atoms with van der Waals surface area (Å²) in [6.07, 6.45) is -0.801. The van der Waals surface area contributed by atoms with Gasteiger partial charge in [0.15, 0.2) is 6.29 Å². The van der Waals surface area contributed by atoms with Crippen molar-refractivity contribution in [1.29, 1.82) is 0 Å². The maximum absolute atomic E-state index is 9.49. The van der Waals surface area contributed by atoms with Gasteiger partial charge in [0.1, 0.15) is 0 Å². The molecule has 1 aromatic heterocycles. The van der Waals surface area contributed by atoms with E-state index < -0.39 is 6.29 Å². The largest absolute Gasteiger partial charge is 0.364 e. The van der Waals surface area contributed by atoms with E-state index in [0.29, 0.717) is 0 Å². The van der Waals surface area contributed by atoms with E-state index in [-0.39, 0.29) is 0 Å². The third kappa shape index (κ3) is 1.93. The molecule has 0 aliphatic rings. The maximum Gasteiger partial charge on any atom is 0.190 e. The first-order chi connectivity index (χ1) is 6.70. The van der Waals surface area contributed by atoms with Gasteiger partial charge in [-0.25, -0.2) is 0 Å². The minimum Gasteiger partial charge on any atom is -0.364 e. The van der Waals surface area contributed by atoms with Gasteiger partial charge in [0.05, 0.1) is 4.88 Å². The van der Waals surface area contributed by atoms with Crippen molar-refractivity contribution >= 4 is 44.0 Å². The summed E-state index contributed by atoms with van der Waals surface area (Å²) in [5, 5.41) is 10.6. The summed E-state index contributed by atoms with van der Waals surface area (Å²) in [5.74, 6) is 0. The number of rotatable bonds is 2. The molecule has 0 fully saturated rings. The Labute approximate surface area is 99.7 Å². The van der Waals surface area contributed by atoms with Crippen LogP contribution in [0.1, 0.15) is 11.2 Å². The predicted molar refractivity (Wildman–Crippen MR) is 66.5 cm³/mol. The molecule has 2 nitrogen and oxygen atoms in total. The summed E-state index contributed by atoms with van der Waals surface area (Å²) < 4.78 is 7.24. The standard InChI is InChI=1S/C10H9IO2S/c1-13-10(12)9-5-6-4-7(11)2-3-8(6)14-9/h2-5,10,12H,1H3. The summed E-state index contributed by atoms with van der Waals surface area (Å²) in [7, 11) is 1.50. The Balaban J connectivity index is 2.51. The van der Waals surface area contributed by atoms with E-state index in [4.69, 9.17) is 4.74 Å². The summed E-state index contributed by atoms with van der Waals surface area (Å²) >= 11 is 3.83. The van der Waals surface area contributed by atoms with Crippen LogP contribution in [0.2, 0.25) is 0 Å². The zero-order chi connectivity index (χ0) is 10.1. The van der Waals surface area contributed by atoms with Crippen molar-refractivity contribution in [3.8, 4) is 0 Å². The number of hydrogen-bond donors (Lipinski definition) is 1. The fourth-order valence-electron chi connectivity index (χ4n) is 1.27. The molecule has 4 heteroatoms. The first-order valence-corrected chi connectivity index (χ1v) is 6.00. The first kappa shape index (κ1) is 10.4. The van der Waals surface area contributed by atoms with Crippen LogP contribution in [-0.4, -0.2) is 12.2 Å². The molecule has 1 heterocycles. The number of methoxy groups -OCH3 is 1. The lowest BCUT2D eigenvalue weighted by Gasteiger charge is -2.03. The van der Waals surface area contributed by atoms with Crippen LogP contribution in [-0.2, 0) is 4.74 Å². The average molecular weight is 320 g/mol. The third-order valence-electron chi connectivity index (χ3n) is 1.96. The summed E-state index contributed by atoms with van der Waals surface area (Å²) in [6.45, 7) is 0. The molecule has 74 valence electrons. The summed E-state index contributed by atoms with van der Waals surface area (Å²) in [5.41, 5.74) is 0. The van der Waals surface area contributed by atoms with E-state index in [1.54, 1.807) is 11.3 Å². The van der Waals surface area contributed by atoms with Gasteiger partial charge in [-0.1, -0.05) is 0 Å². The van der Waals surface area contributed by atoms with Crippen LogP contribution in [0.3, 0.4) is 0 Å². The number of aliphatic hydroxyl groups excluding tert-OH is 1. The third-order valence-corrected chi connectivity index (χ3v) is 3.78. The minimum absolute atomic E-state index is 0.801.